The standard InChI is InChI=1S/C17H17BrN2O3/c1-2-23-13-9-7-12(8-10-13)20-16(21)11-19-17(22)14-5-3-4-6-15(14)18/h3-10H,2,11H2,1H3,(H,19,22)(H,20,21). The zero-order valence-electron chi connectivity index (χ0n) is 12.6. The first-order valence-electron chi connectivity index (χ1n) is 7.15. The molecule has 0 radical (unpaired) electrons. The van der Waals surface area contributed by atoms with Crippen LogP contribution in [0.15, 0.2) is 53.0 Å². The van der Waals surface area contributed by atoms with Gasteiger partial charge in [0.1, 0.15) is 5.75 Å². The fourth-order valence-corrected chi connectivity index (χ4v) is 2.37. The summed E-state index contributed by atoms with van der Waals surface area (Å²) in [6.07, 6.45) is 0. The average molecular weight is 377 g/mol. The number of anilines is 1. The zero-order chi connectivity index (χ0) is 16.7. The van der Waals surface area contributed by atoms with E-state index < -0.39 is 0 Å². The molecule has 0 aromatic heterocycles. The molecule has 0 atom stereocenters. The fourth-order valence-electron chi connectivity index (χ4n) is 1.91. The van der Waals surface area contributed by atoms with Gasteiger partial charge in [-0.2, -0.15) is 0 Å². The Morgan fingerprint density at radius 2 is 1.78 bits per heavy atom. The van der Waals surface area contributed by atoms with Gasteiger partial charge in [0.25, 0.3) is 5.91 Å². The van der Waals surface area contributed by atoms with E-state index in [0.717, 1.165) is 5.75 Å². The molecule has 23 heavy (non-hydrogen) atoms. The summed E-state index contributed by atoms with van der Waals surface area (Å²) in [7, 11) is 0. The lowest BCUT2D eigenvalue weighted by Crippen LogP contribution is -2.33. The van der Waals surface area contributed by atoms with E-state index in [-0.39, 0.29) is 18.4 Å². The predicted molar refractivity (Wildman–Crippen MR) is 92.7 cm³/mol. The van der Waals surface area contributed by atoms with E-state index >= 15 is 0 Å². The van der Waals surface area contributed by atoms with Gasteiger partial charge in [-0.3, -0.25) is 9.59 Å². The maximum atomic E-state index is 12.0. The van der Waals surface area contributed by atoms with E-state index in [0.29, 0.717) is 22.3 Å². The van der Waals surface area contributed by atoms with Gasteiger partial charge < -0.3 is 15.4 Å². The van der Waals surface area contributed by atoms with Gasteiger partial charge in [-0.25, -0.2) is 0 Å². The summed E-state index contributed by atoms with van der Waals surface area (Å²) in [5.41, 5.74) is 1.13. The molecule has 120 valence electrons. The number of carbonyl (C=O) groups excluding carboxylic acids is 2. The number of ether oxygens (including phenoxy) is 1. The molecule has 0 spiro atoms. The number of nitrogens with one attached hydrogen (secondary N) is 2. The lowest BCUT2D eigenvalue weighted by Gasteiger charge is -2.09. The molecular formula is C17H17BrN2O3. The quantitative estimate of drug-likeness (QED) is 0.813. The summed E-state index contributed by atoms with van der Waals surface area (Å²) in [4.78, 5) is 23.9. The molecule has 0 aliphatic carbocycles. The lowest BCUT2D eigenvalue weighted by molar-refractivity contribution is -0.115. The summed E-state index contributed by atoms with van der Waals surface area (Å²) >= 11 is 3.30. The molecule has 0 heterocycles. The molecule has 2 rings (SSSR count). The van der Waals surface area contributed by atoms with Gasteiger partial charge in [0.05, 0.1) is 18.7 Å². The predicted octanol–water partition coefficient (Wildman–Crippen LogP) is 3.22. The van der Waals surface area contributed by atoms with E-state index in [4.69, 9.17) is 4.74 Å². The highest BCUT2D eigenvalue weighted by Gasteiger charge is 2.10. The largest absolute Gasteiger partial charge is 0.494 e. The second-order valence-corrected chi connectivity index (χ2v) is 5.52. The van der Waals surface area contributed by atoms with Crippen molar-refractivity contribution in [3.8, 4) is 5.75 Å². The first-order valence-corrected chi connectivity index (χ1v) is 7.95. The summed E-state index contributed by atoms with van der Waals surface area (Å²) in [5, 5.41) is 5.30. The molecule has 2 amide bonds. The third-order valence-corrected chi connectivity index (χ3v) is 3.67. The Balaban J connectivity index is 1.85. The summed E-state index contributed by atoms with van der Waals surface area (Å²) in [6.45, 7) is 2.39. The molecule has 0 fully saturated rings. The van der Waals surface area contributed by atoms with Crippen LogP contribution in [0.2, 0.25) is 0 Å². The Morgan fingerprint density at radius 3 is 2.43 bits per heavy atom. The third-order valence-electron chi connectivity index (χ3n) is 2.98. The van der Waals surface area contributed by atoms with Gasteiger partial charge in [0.15, 0.2) is 0 Å². The maximum Gasteiger partial charge on any atom is 0.252 e. The van der Waals surface area contributed by atoms with Crippen LogP contribution in [0.3, 0.4) is 0 Å². The highest BCUT2D eigenvalue weighted by Crippen LogP contribution is 2.16. The molecule has 2 aromatic carbocycles. The Hall–Kier alpha value is -2.34. The Labute approximate surface area is 143 Å². The maximum absolute atomic E-state index is 12.0. The van der Waals surface area contributed by atoms with Crippen molar-refractivity contribution >= 4 is 33.4 Å². The van der Waals surface area contributed by atoms with Crippen LogP contribution in [-0.2, 0) is 4.79 Å². The number of hydrogen-bond donors (Lipinski definition) is 2. The van der Waals surface area contributed by atoms with E-state index in [1.807, 2.05) is 13.0 Å². The molecule has 5 nitrogen and oxygen atoms in total. The first-order chi connectivity index (χ1) is 11.1. The molecular weight excluding hydrogens is 360 g/mol. The van der Waals surface area contributed by atoms with Crippen molar-refractivity contribution in [1.82, 2.24) is 5.32 Å². The van der Waals surface area contributed by atoms with Gasteiger partial charge in [0.2, 0.25) is 5.91 Å². The number of benzene rings is 2. The number of amides is 2. The first kappa shape index (κ1) is 17.0. The van der Waals surface area contributed by atoms with Crippen LogP contribution < -0.4 is 15.4 Å². The van der Waals surface area contributed by atoms with E-state index in [9.17, 15) is 9.59 Å². The second kappa shape index (κ2) is 8.33. The highest BCUT2D eigenvalue weighted by atomic mass is 79.9. The van der Waals surface area contributed by atoms with Crippen LogP contribution in [0.4, 0.5) is 5.69 Å². The minimum atomic E-state index is -0.306. The molecule has 0 aliphatic rings. The molecule has 2 N–H and O–H groups in total. The monoisotopic (exact) mass is 376 g/mol. The lowest BCUT2D eigenvalue weighted by atomic mass is 10.2. The van der Waals surface area contributed by atoms with E-state index in [2.05, 4.69) is 26.6 Å². The SMILES string of the molecule is CCOc1ccc(NC(=O)CNC(=O)c2ccccc2Br)cc1. The van der Waals surface area contributed by atoms with Crippen molar-refractivity contribution < 1.29 is 14.3 Å². The van der Waals surface area contributed by atoms with Crippen LogP contribution in [0, 0.1) is 0 Å². The molecule has 6 heteroatoms. The van der Waals surface area contributed by atoms with Gasteiger partial charge in [-0.15, -0.1) is 0 Å². The summed E-state index contributed by atoms with van der Waals surface area (Å²) < 4.78 is 6.02. The van der Waals surface area contributed by atoms with Crippen LogP contribution in [0.1, 0.15) is 17.3 Å². The van der Waals surface area contributed by atoms with Gasteiger partial charge in [-0.1, -0.05) is 12.1 Å². The van der Waals surface area contributed by atoms with Gasteiger partial charge >= 0.3 is 0 Å². The molecule has 2 aromatic rings. The van der Waals surface area contributed by atoms with Crippen LogP contribution in [0.25, 0.3) is 0 Å². The van der Waals surface area contributed by atoms with Crippen molar-refractivity contribution in [2.45, 2.75) is 6.92 Å². The highest BCUT2D eigenvalue weighted by molar-refractivity contribution is 9.10. The normalized spacial score (nSPS) is 10.0. The number of hydrogen-bond acceptors (Lipinski definition) is 3. The Morgan fingerprint density at radius 1 is 1.09 bits per heavy atom. The fraction of sp³-hybridized carbons (Fsp3) is 0.176. The molecule has 0 aliphatic heterocycles. The minimum absolute atomic E-state index is 0.104. The Kier molecular flexibility index (Phi) is 6.17. The summed E-state index contributed by atoms with van der Waals surface area (Å²) in [5.74, 6) is 0.140. The van der Waals surface area contributed by atoms with Crippen molar-refractivity contribution in [3.63, 3.8) is 0 Å². The molecule has 0 saturated heterocycles. The number of rotatable bonds is 6. The van der Waals surface area contributed by atoms with Crippen LogP contribution in [-0.4, -0.2) is 25.0 Å². The van der Waals surface area contributed by atoms with Crippen LogP contribution >= 0.6 is 15.9 Å². The van der Waals surface area contributed by atoms with Gasteiger partial charge in [-0.05, 0) is 59.3 Å². The van der Waals surface area contributed by atoms with Crippen LogP contribution in [0.5, 0.6) is 5.75 Å². The Bertz CT molecular complexity index is 686. The van der Waals surface area contributed by atoms with Crippen molar-refractivity contribution in [2.24, 2.45) is 0 Å². The van der Waals surface area contributed by atoms with E-state index in [1.165, 1.54) is 0 Å². The molecule has 0 unspecified atom stereocenters. The number of halogens is 1. The van der Waals surface area contributed by atoms with Crippen molar-refractivity contribution in [1.29, 1.82) is 0 Å². The number of carbonyl (C=O) groups is 2. The smallest absolute Gasteiger partial charge is 0.252 e. The van der Waals surface area contributed by atoms with E-state index in [1.54, 1.807) is 42.5 Å². The van der Waals surface area contributed by atoms with Crippen molar-refractivity contribution in [3.05, 3.63) is 58.6 Å². The summed E-state index contributed by atoms with van der Waals surface area (Å²) in [6, 6.07) is 14.1. The molecule has 0 bridgehead atoms. The minimum Gasteiger partial charge on any atom is -0.494 e. The zero-order valence-corrected chi connectivity index (χ0v) is 14.2. The second-order valence-electron chi connectivity index (χ2n) is 4.67. The molecule has 0 saturated carbocycles. The average Bonchev–Trinajstić information content (AvgIpc) is 2.55. The van der Waals surface area contributed by atoms with Gasteiger partial charge in [0, 0.05) is 10.2 Å². The van der Waals surface area contributed by atoms with Crippen molar-refractivity contribution in [2.75, 3.05) is 18.5 Å². The third kappa shape index (κ3) is 5.10. The topological polar surface area (TPSA) is 67.4 Å².